The molecule has 0 bridgehead atoms. The monoisotopic (exact) mass is 562 g/mol. The number of ether oxygens (including phenoxy) is 2. The zero-order valence-electron chi connectivity index (χ0n) is 21.3. The summed E-state index contributed by atoms with van der Waals surface area (Å²) in [6.45, 7) is 1.91. The van der Waals surface area contributed by atoms with Crippen molar-refractivity contribution in [1.82, 2.24) is 4.57 Å². The normalized spacial score (nSPS) is 15.1. The number of esters is 2. The molecular weight excluding hydrogens is 540 g/mol. The summed E-state index contributed by atoms with van der Waals surface area (Å²) in [4.78, 5) is 43.7. The lowest BCUT2D eigenvalue weighted by Crippen LogP contribution is -2.40. The average Bonchev–Trinajstić information content (AvgIpc) is 3.55. The molecule has 0 amide bonds. The summed E-state index contributed by atoms with van der Waals surface area (Å²) < 4.78 is 17.8. The molecule has 5 rings (SSSR count). The van der Waals surface area contributed by atoms with Crippen LogP contribution in [0.15, 0.2) is 86.1 Å². The predicted octanol–water partition coefficient (Wildman–Crippen LogP) is 4.50. The fourth-order valence-corrected chi connectivity index (χ4v) is 5.69. The van der Waals surface area contributed by atoms with Gasteiger partial charge < -0.3 is 13.9 Å². The third-order valence-corrected chi connectivity index (χ3v) is 7.63. The molecule has 0 fully saturated rings. The average molecular weight is 563 g/mol. The molecule has 39 heavy (non-hydrogen) atoms. The second kappa shape index (κ2) is 10.9. The number of benzene rings is 2. The van der Waals surface area contributed by atoms with Crippen LogP contribution in [0.25, 0.3) is 17.4 Å². The van der Waals surface area contributed by atoms with Crippen LogP contribution >= 0.6 is 22.9 Å². The maximum Gasteiger partial charge on any atom is 0.338 e. The van der Waals surface area contributed by atoms with Gasteiger partial charge in [0.1, 0.15) is 11.5 Å². The van der Waals surface area contributed by atoms with Crippen LogP contribution < -0.4 is 14.9 Å². The first-order valence-corrected chi connectivity index (χ1v) is 13.2. The van der Waals surface area contributed by atoms with Gasteiger partial charge in [-0.2, -0.15) is 0 Å². The molecule has 1 aliphatic heterocycles. The second-order valence-electron chi connectivity index (χ2n) is 8.59. The van der Waals surface area contributed by atoms with Crippen molar-refractivity contribution in [3.8, 4) is 11.3 Å². The van der Waals surface area contributed by atoms with Gasteiger partial charge in [-0.1, -0.05) is 60.2 Å². The van der Waals surface area contributed by atoms with Gasteiger partial charge in [-0.25, -0.2) is 14.6 Å². The number of rotatable bonds is 6. The first-order valence-electron chi connectivity index (χ1n) is 12.0. The van der Waals surface area contributed by atoms with Gasteiger partial charge in [-0.05, 0) is 42.3 Å². The van der Waals surface area contributed by atoms with Crippen LogP contribution in [-0.4, -0.2) is 30.7 Å². The Morgan fingerprint density at radius 2 is 1.82 bits per heavy atom. The summed E-state index contributed by atoms with van der Waals surface area (Å²) in [7, 11) is 2.62. The van der Waals surface area contributed by atoms with Gasteiger partial charge in [-0.15, -0.1) is 0 Å². The van der Waals surface area contributed by atoms with Crippen LogP contribution in [0.2, 0.25) is 5.02 Å². The van der Waals surface area contributed by atoms with Gasteiger partial charge in [-0.3, -0.25) is 9.36 Å². The number of methoxy groups -OCH3 is 2. The Hall–Kier alpha value is -4.21. The van der Waals surface area contributed by atoms with Crippen LogP contribution in [0.3, 0.4) is 0 Å². The van der Waals surface area contributed by atoms with Crippen LogP contribution in [0, 0.1) is 0 Å². The van der Waals surface area contributed by atoms with Crippen LogP contribution in [0.4, 0.5) is 0 Å². The van der Waals surface area contributed by atoms with E-state index in [0.29, 0.717) is 54.7 Å². The minimum absolute atomic E-state index is 0.312. The number of aromatic nitrogens is 1. The highest BCUT2D eigenvalue weighted by Gasteiger charge is 2.33. The van der Waals surface area contributed by atoms with Gasteiger partial charge >= 0.3 is 11.9 Å². The Balaban J connectivity index is 1.63. The topological polar surface area (TPSA) is 100 Å². The van der Waals surface area contributed by atoms with E-state index in [1.807, 2.05) is 37.3 Å². The molecule has 0 saturated carbocycles. The van der Waals surface area contributed by atoms with E-state index in [1.165, 1.54) is 30.1 Å². The molecule has 2 aromatic carbocycles. The maximum absolute atomic E-state index is 13.7. The number of hydrogen-bond donors (Lipinski definition) is 0. The van der Waals surface area contributed by atoms with Crippen molar-refractivity contribution in [1.29, 1.82) is 0 Å². The standard InChI is InChI=1S/C29H23ClN2O6S/c1-4-21-24(28(35)37-3)25(16-8-6-5-7-9-16)32-26(33)23(39-29(32)31-21)15-18-11-13-22(38-18)19-14-17(27(34)36-2)10-12-20(19)30/h5-15,25H,4H2,1-3H3/b23-15-/t25-/m0/s1. The Labute approximate surface area is 232 Å². The summed E-state index contributed by atoms with van der Waals surface area (Å²) >= 11 is 7.57. The first-order chi connectivity index (χ1) is 18.9. The molecule has 1 aliphatic rings. The molecule has 3 heterocycles. The molecule has 198 valence electrons. The molecule has 0 unspecified atom stereocenters. The van der Waals surface area contributed by atoms with E-state index in [9.17, 15) is 14.4 Å². The molecular formula is C29H23ClN2O6S. The van der Waals surface area contributed by atoms with E-state index in [4.69, 9.17) is 25.5 Å². The molecule has 8 nitrogen and oxygen atoms in total. The molecule has 0 spiro atoms. The minimum Gasteiger partial charge on any atom is -0.466 e. The molecule has 1 atom stereocenters. The van der Waals surface area contributed by atoms with E-state index in [-0.39, 0.29) is 5.56 Å². The molecule has 2 aromatic heterocycles. The fraction of sp³-hybridized carbons (Fsp3) is 0.172. The second-order valence-corrected chi connectivity index (χ2v) is 10.0. The number of allylic oxidation sites excluding steroid dienone is 1. The Bertz CT molecular complexity index is 1800. The van der Waals surface area contributed by atoms with Crippen LogP contribution in [0.1, 0.15) is 41.1 Å². The lowest BCUT2D eigenvalue weighted by Gasteiger charge is -2.25. The van der Waals surface area contributed by atoms with E-state index in [2.05, 4.69) is 4.99 Å². The number of carbonyl (C=O) groups excluding carboxylic acids is 2. The highest BCUT2D eigenvalue weighted by Crippen LogP contribution is 2.32. The zero-order valence-corrected chi connectivity index (χ0v) is 22.8. The van der Waals surface area contributed by atoms with Crippen molar-refractivity contribution < 1.29 is 23.5 Å². The van der Waals surface area contributed by atoms with Crippen molar-refractivity contribution in [3.05, 3.63) is 114 Å². The van der Waals surface area contributed by atoms with E-state index in [0.717, 1.165) is 5.56 Å². The number of thiazole rings is 1. The summed E-state index contributed by atoms with van der Waals surface area (Å²) in [6, 6.07) is 16.8. The van der Waals surface area contributed by atoms with Crippen LogP contribution in [0.5, 0.6) is 0 Å². The predicted molar refractivity (Wildman–Crippen MR) is 147 cm³/mol. The molecule has 10 heteroatoms. The minimum atomic E-state index is -0.681. The summed E-state index contributed by atoms with van der Waals surface area (Å²) in [5.74, 6) is -0.186. The highest BCUT2D eigenvalue weighted by atomic mass is 35.5. The third-order valence-electron chi connectivity index (χ3n) is 6.32. The lowest BCUT2D eigenvalue weighted by atomic mass is 9.95. The van der Waals surface area contributed by atoms with E-state index in [1.54, 1.807) is 36.4 Å². The van der Waals surface area contributed by atoms with Gasteiger partial charge in [0, 0.05) is 11.6 Å². The molecule has 0 N–H and O–H groups in total. The highest BCUT2D eigenvalue weighted by molar-refractivity contribution is 7.07. The van der Waals surface area contributed by atoms with Crippen molar-refractivity contribution in [2.24, 2.45) is 4.99 Å². The number of furan rings is 1. The summed E-state index contributed by atoms with van der Waals surface area (Å²) in [5.41, 5.74) is 2.21. The van der Waals surface area contributed by atoms with Gasteiger partial charge in [0.2, 0.25) is 0 Å². The Morgan fingerprint density at radius 1 is 1.08 bits per heavy atom. The smallest absolute Gasteiger partial charge is 0.338 e. The van der Waals surface area contributed by atoms with Crippen molar-refractivity contribution in [3.63, 3.8) is 0 Å². The molecule has 0 radical (unpaired) electrons. The summed E-state index contributed by atoms with van der Waals surface area (Å²) in [5, 5.41) is 0.397. The number of carbonyl (C=O) groups is 2. The van der Waals surface area contributed by atoms with Gasteiger partial charge in [0.15, 0.2) is 4.80 Å². The van der Waals surface area contributed by atoms with E-state index >= 15 is 0 Å². The van der Waals surface area contributed by atoms with E-state index < -0.39 is 18.0 Å². The number of fused-ring (bicyclic) bond motifs is 1. The molecule has 0 saturated heterocycles. The van der Waals surface area contributed by atoms with Crippen molar-refractivity contribution >= 4 is 41.0 Å². The Morgan fingerprint density at radius 3 is 2.51 bits per heavy atom. The number of nitrogens with zero attached hydrogens (tertiary/aromatic N) is 2. The maximum atomic E-state index is 13.7. The van der Waals surface area contributed by atoms with Crippen LogP contribution in [-0.2, 0) is 14.3 Å². The summed E-state index contributed by atoms with van der Waals surface area (Å²) in [6.07, 6.45) is 2.12. The largest absolute Gasteiger partial charge is 0.466 e. The quantitative estimate of drug-likeness (QED) is 0.321. The fourth-order valence-electron chi connectivity index (χ4n) is 4.48. The number of halogens is 1. The van der Waals surface area contributed by atoms with Gasteiger partial charge in [0.05, 0.1) is 46.7 Å². The number of hydrogen-bond acceptors (Lipinski definition) is 8. The zero-order chi connectivity index (χ0) is 27.7. The van der Waals surface area contributed by atoms with Gasteiger partial charge in [0.25, 0.3) is 5.56 Å². The lowest BCUT2D eigenvalue weighted by molar-refractivity contribution is -0.136. The third kappa shape index (κ3) is 4.86. The Kier molecular flexibility index (Phi) is 7.36. The first kappa shape index (κ1) is 26.4. The SMILES string of the molecule is CCC1=C(C(=O)OC)[C@H](c2ccccc2)n2c(s/c(=C\c3ccc(-c4cc(C(=O)OC)ccc4Cl)o3)c2=O)=N1. The molecule has 4 aromatic rings. The van der Waals surface area contributed by atoms with Crippen molar-refractivity contribution in [2.75, 3.05) is 14.2 Å². The molecule has 0 aliphatic carbocycles. The van der Waals surface area contributed by atoms with Crippen molar-refractivity contribution in [2.45, 2.75) is 19.4 Å².